The molecule has 0 aromatic carbocycles. The van der Waals surface area contributed by atoms with Gasteiger partial charge < -0.3 is 10.3 Å². The molecule has 2 aromatic rings. The zero-order valence-corrected chi connectivity index (χ0v) is 10.1. The molecule has 0 saturated carbocycles. The molecule has 1 unspecified atom stereocenters. The Balaban J connectivity index is 1.99. The van der Waals surface area contributed by atoms with Crippen molar-refractivity contribution < 1.29 is 0 Å². The van der Waals surface area contributed by atoms with E-state index in [1.807, 2.05) is 12.3 Å². The molecule has 4 nitrogen and oxygen atoms in total. The number of nitrogens with zero attached hydrogens (tertiary/aromatic N) is 1. The Morgan fingerprint density at radius 2 is 2.35 bits per heavy atom. The summed E-state index contributed by atoms with van der Waals surface area (Å²) in [6.45, 7) is 4.26. The molecule has 1 aliphatic heterocycles. The van der Waals surface area contributed by atoms with Crippen LogP contribution in [0.25, 0.3) is 11.3 Å². The zero-order chi connectivity index (χ0) is 11.7. The van der Waals surface area contributed by atoms with Gasteiger partial charge in [0.1, 0.15) is 0 Å². The first kappa shape index (κ1) is 10.6. The number of rotatable bonds is 2. The molecule has 1 saturated heterocycles. The van der Waals surface area contributed by atoms with Crippen molar-refractivity contribution in [3.8, 4) is 11.3 Å². The Morgan fingerprint density at radius 3 is 3.06 bits per heavy atom. The molecule has 1 atom stereocenters. The second-order valence-corrected chi connectivity index (χ2v) is 4.74. The second kappa shape index (κ2) is 4.37. The molecular formula is C13H18N4. The Morgan fingerprint density at radius 1 is 1.41 bits per heavy atom. The molecule has 0 radical (unpaired) electrons. The number of H-pyrrole nitrogens is 2. The van der Waals surface area contributed by atoms with Crippen LogP contribution in [0.15, 0.2) is 18.3 Å². The average molecular weight is 230 g/mol. The molecule has 2 aromatic heterocycles. The summed E-state index contributed by atoms with van der Waals surface area (Å²) in [6, 6.07) is 4.14. The van der Waals surface area contributed by atoms with Crippen molar-refractivity contribution in [2.45, 2.75) is 25.7 Å². The maximum absolute atomic E-state index is 4.51. The fourth-order valence-electron chi connectivity index (χ4n) is 2.65. The van der Waals surface area contributed by atoms with E-state index >= 15 is 0 Å². The van der Waals surface area contributed by atoms with Crippen LogP contribution in [0.2, 0.25) is 0 Å². The van der Waals surface area contributed by atoms with Crippen molar-refractivity contribution in [1.29, 1.82) is 0 Å². The molecule has 3 heterocycles. The number of aromatic nitrogens is 3. The molecule has 0 bridgehead atoms. The summed E-state index contributed by atoms with van der Waals surface area (Å²) >= 11 is 0. The average Bonchev–Trinajstić information content (AvgIpc) is 2.99. The van der Waals surface area contributed by atoms with Crippen LogP contribution in [-0.4, -0.2) is 28.3 Å². The molecule has 0 aliphatic carbocycles. The fraction of sp³-hybridized carbons (Fsp3) is 0.462. The molecule has 3 rings (SSSR count). The van der Waals surface area contributed by atoms with Crippen molar-refractivity contribution in [3.05, 3.63) is 29.7 Å². The minimum absolute atomic E-state index is 0.534. The van der Waals surface area contributed by atoms with E-state index in [0.717, 1.165) is 24.5 Å². The van der Waals surface area contributed by atoms with Crippen LogP contribution in [0, 0.1) is 6.92 Å². The van der Waals surface area contributed by atoms with Crippen LogP contribution in [0.5, 0.6) is 0 Å². The third-order valence-electron chi connectivity index (χ3n) is 3.53. The van der Waals surface area contributed by atoms with Crippen LogP contribution in [0.4, 0.5) is 0 Å². The molecule has 1 aliphatic rings. The normalized spacial score (nSPS) is 20.6. The van der Waals surface area contributed by atoms with Gasteiger partial charge in [-0.25, -0.2) is 0 Å². The topological polar surface area (TPSA) is 56.5 Å². The van der Waals surface area contributed by atoms with Crippen LogP contribution >= 0.6 is 0 Å². The summed E-state index contributed by atoms with van der Waals surface area (Å²) in [6.07, 6.45) is 4.43. The number of aryl methyl sites for hydroxylation is 1. The third-order valence-corrected chi connectivity index (χ3v) is 3.53. The summed E-state index contributed by atoms with van der Waals surface area (Å²) in [7, 11) is 0. The predicted molar refractivity (Wildman–Crippen MR) is 68.0 cm³/mol. The number of aromatic amines is 2. The van der Waals surface area contributed by atoms with Gasteiger partial charge >= 0.3 is 0 Å². The largest absolute Gasteiger partial charge is 0.361 e. The highest BCUT2D eigenvalue weighted by molar-refractivity contribution is 5.65. The first-order chi connectivity index (χ1) is 8.36. The number of hydrogen-bond donors (Lipinski definition) is 3. The first-order valence-electron chi connectivity index (χ1n) is 6.25. The van der Waals surface area contributed by atoms with E-state index in [1.165, 1.54) is 24.1 Å². The van der Waals surface area contributed by atoms with Gasteiger partial charge in [0.05, 0.1) is 5.69 Å². The van der Waals surface area contributed by atoms with Gasteiger partial charge in [0, 0.05) is 35.6 Å². The molecule has 90 valence electrons. The van der Waals surface area contributed by atoms with E-state index in [4.69, 9.17) is 0 Å². The van der Waals surface area contributed by atoms with Gasteiger partial charge in [0.2, 0.25) is 0 Å². The maximum atomic E-state index is 4.51. The monoisotopic (exact) mass is 230 g/mol. The molecule has 0 amide bonds. The fourth-order valence-corrected chi connectivity index (χ4v) is 2.65. The second-order valence-electron chi connectivity index (χ2n) is 4.74. The van der Waals surface area contributed by atoms with Gasteiger partial charge in [-0.3, -0.25) is 5.10 Å². The smallest absolute Gasteiger partial charge is 0.0761 e. The Labute approximate surface area is 101 Å². The quantitative estimate of drug-likeness (QED) is 0.740. The van der Waals surface area contributed by atoms with Gasteiger partial charge in [-0.05, 0) is 38.4 Å². The van der Waals surface area contributed by atoms with Crippen molar-refractivity contribution >= 4 is 0 Å². The SMILES string of the molecule is Cc1[nH]nc(C2CCCNC2)c1-c1ccc[nH]1. The lowest BCUT2D eigenvalue weighted by molar-refractivity contribution is 0.455. The lowest BCUT2D eigenvalue weighted by atomic mass is 9.92. The highest BCUT2D eigenvalue weighted by Gasteiger charge is 2.23. The van der Waals surface area contributed by atoms with Gasteiger partial charge in [-0.15, -0.1) is 0 Å². The zero-order valence-electron chi connectivity index (χ0n) is 10.1. The van der Waals surface area contributed by atoms with Crippen LogP contribution in [0.1, 0.15) is 30.1 Å². The summed E-state index contributed by atoms with van der Waals surface area (Å²) in [4.78, 5) is 3.28. The highest BCUT2D eigenvalue weighted by atomic mass is 15.1. The van der Waals surface area contributed by atoms with Gasteiger partial charge in [-0.2, -0.15) is 5.10 Å². The molecule has 4 heteroatoms. The van der Waals surface area contributed by atoms with E-state index in [2.05, 4.69) is 33.5 Å². The number of nitrogens with one attached hydrogen (secondary N) is 3. The summed E-state index contributed by atoms with van der Waals surface area (Å²) in [5.41, 5.74) is 4.77. The van der Waals surface area contributed by atoms with Gasteiger partial charge in [0.25, 0.3) is 0 Å². The number of piperidine rings is 1. The molecule has 1 fully saturated rings. The summed E-state index contributed by atoms with van der Waals surface area (Å²) in [5, 5.41) is 11.1. The Hall–Kier alpha value is -1.55. The third kappa shape index (κ3) is 1.89. The lowest BCUT2D eigenvalue weighted by Gasteiger charge is -2.22. The lowest BCUT2D eigenvalue weighted by Crippen LogP contribution is -2.28. The molecule has 0 spiro atoms. The van der Waals surface area contributed by atoms with Crippen molar-refractivity contribution in [2.75, 3.05) is 13.1 Å². The summed E-state index contributed by atoms with van der Waals surface area (Å²) in [5.74, 6) is 0.534. The van der Waals surface area contributed by atoms with Crippen LogP contribution in [-0.2, 0) is 0 Å². The molecular weight excluding hydrogens is 212 g/mol. The van der Waals surface area contributed by atoms with E-state index in [1.54, 1.807) is 0 Å². The standard InChI is InChI=1S/C13H18N4/c1-9-12(11-5-3-7-15-11)13(17-16-9)10-4-2-6-14-8-10/h3,5,7,10,14-15H,2,4,6,8H2,1H3,(H,16,17). The Bertz CT molecular complexity index is 477. The Kier molecular flexibility index (Phi) is 2.73. The van der Waals surface area contributed by atoms with E-state index in [9.17, 15) is 0 Å². The molecule has 3 N–H and O–H groups in total. The maximum Gasteiger partial charge on any atom is 0.0761 e. The van der Waals surface area contributed by atoms with Crippen molar-refractivity contribution in [1.82, 2.24) is 20.5 Å². The van der Waals surface area contributed by atoms with Crippen LogP contribution < -0.4 is 5.32 Å². The van der Waals surface area contributed by atoms with E-state index in [0.29, 0.717) is 5.92 Å². The highest BCUT2D eigenvalue weighted by Crippen LogP contribution is 2.32. The molecule has 17 heavy (non-hydrogen) atoms. The number of hydrogen-bond acceptors (Lipinski definition) is 2. The first-order valence-corrected chi connectivity index (χ1v) is 6.25. The van der Waals surface area contributed by atoms with Gasteiger partial charge in [-0.1, -0.05) is 0 Å². The van der Waals surface area contributed by atoms with Gasteiger partial charge in [0.15, 0.2) is 0 Å². The van der Waals surface area contributed by atoms with E-state index in [-0.39, 0.29) is 0 Å². The summed E-state index contributed by atoms with van der Waals surface area (Å²) < 4.78 is 0. The predicted octanol–water partition coefficient (Wildman–Crippen LogP) is 2.18. The van der Waals surface area contributed by atoms with Crippen molar-refractivity contribution in [3.63, 3.8) is 0 Å². The minimum atomic E-state index is 0.534. The van der Waals surface area contributed by atoms with Crippen LogP contribution in [0.3, 0.4) is 0 Å². The van der Waals surface area contributed by atoms with Crippen molar-refractivity contribution in [2.24, 2.45) is 0 Å². The minimum Gasteiger partial charge on any atom is -0.361 e. The van der Waals surface area contributed by atoms with E-state index < -0.39 is 0 Å².